The second-order valence-corrected chi connectivity index (χ2v) is 18.1. The molecule has 0 spiro atoms. The predicted octanol–water partition coefficient (Wildman–Crippen LogP) is 9.17. The lowest BCUT2D eigenvalue weighted by molar-refractivity contribution is -0.138. The summed E-state index contributed by atoms with van der Waals surface area (Å²) in [6.45, 7) is 18.2. The van der Waals surface area contributed by atoms with E-state index in [1.165, 1.54) is 11.6 Å². The van der Waals surface area contributed by atoms with E-state index >= 15 is 0 Å². The molecule has 0 saturated heterocycles. The summed E-state index contributed by atoms with van der Waals surface area (Å²) in [5.74, 6) is -1.43. The molecule has 0 radical (unpaired) electrons. The van der Waals surface area contributed by atoms with Crippen molar-refractivity contribution >= 4 is 40.6 Å². The first-order valence-corrected chi connectivity index (χ1v) is 20.9. The van der Waals surface area contributed by atoms with Gasteiger partial charge in [0.25, 0.3) is 10.9 Å². The van der Waals surface area contributed by atoms with Gasteiger partial charge in [0, 0.05) is 28.8 Å². The van der Waals surface area contributed by atoms with Crippen LogP contribution in [0.25, 0.3) is 5.69 Å². The molecule has 60 heavy (non-hydrogen) atoms. The third-order valence-corrected chi connectivity index (χ3v) is 11.8. The molecule has 0 bridgehead atoms. The van der Waals surface area contributed by atoms with E-state index in [4.69, 9.17) is 16.3 Å². The summed E-state index contributed by atoms with van der Waals surface area (Å²) < 4.78 is 9.06. The number of Topliss-reactive ketones (excluding diaryl/α,β-unsaturated/α-hetero) is 1. The van der Waals surface area contributed by atoms with Crippen LogP contribution >= 0.6 is 11.6 Å². The Bertz CT molecular complexity index is 2440. The molecule has 0 aliphatic rings. The van der Waals surface area contributed by atoms with Crippen LogP contribution in [0.1, 0.15) is 105 Å². The normalized spacial score (nSPS) is 13.0. The Kier molecular flexibility index (Phi) is 13.8. The third-order valence-electron chi connectivity index (χ3n) is 11.3. The van der Waals surface area contributed by atoms with E-state index in [0.717, 1.165) is 33.5 Å². The lowest BCUT2D eigenvalue weighted by Gasteiger charge is -2.30. The van der Waals surface area contributed by atoms with Crippen molar-refractivity contribution in [3.8, 4) is 11.4 Å². The third kappa shape index (κ3) is 9.84. The van der Waals surface area contributed by atoms with Crippen LogP contribution < -0.4 is 26.7 Å². The predicted molar refractivity (Wildman–Crippen MR) is 240 cm³/mol. The Hall–Kier alpha value is -5.68. The zero-order valence-electron chi connectivity index (χ0n) is 36.2. The standard InChI is InChI=1S/C48H58ClN5O6/c1-10-46(6,7)34-27-28-39(38(30-34)47(8,9)11-2)60-29-19-26-40(55)50-35-22-18-23-36(31-35)51-42(57)48(49,41(56)45(3,4)5)53-43(58)52(32-33-20-14-12-15-21-33)54(44(53)59)37-24-16-13-17-25-37/h12-18,20-25,27-28,30-31H,10-11,19,26,29,32H2,1-9H3,(H,50,55)(H,51,57). The number of ether oxygens (including phenoxy) is 1. The quantitative estimate of drug-likeness (QED) is 0.0546. The van der Waals surface area contributed by atoms with Crippen molar-refractivity contribution in [2.75, 3.05) is 17.2 Å². The fourth-order valence-electron chi connectivity index (χ4n) is 6.79. The molecule has 4 aromatic carbocycles. The molecule has 12 heteroatoms. The number of ketones is 1. The number of halogens is 1. The molecule has 1 aromatic heterocycles. The topological polar surface area (TPSA) is 133 Å². The number of aromatic nitrogens is 3. The van der Waals surface area contributed by atoms with Gasteiger partial charge in [-0.25, -0.2) is 18.8 Å². The SMILES string of the molecule is CCC(C)(C)c1ccc(OCCCC(=O)Nc2cccc(NC(=O)C(Cl)(C(=O)C(C)(C)C)n3c(=O)n(Cc4ccccc4)n(-c4ccccc4)c3=O)c2)c(C(C)(C)CC)c1. The number of rotatable bonds is 17. The largest absolute Gasteiger partial charge is 0.493 e. The Morgan fingerprint density at radius 3 is 1.90 bits per heavy atom. The lowest BCUT2D eigenvalue weighted by Crippen LogP contribution is -2.58. The average molecular weight is 836 g/mol. The summed E-state index contributed by atoms with van der Waals surface area (Å²) in [6.07, 6.45) is 2.58. The first-order valence-electron chi connectivity index (χ1n) is 20.5. The van der Waals surface area contributed by atoms with Crippen LogP contribution in [0.15, 0.2) is 113 Å². The van der Waals surface area contributed by atoms with Crippen molar-refractivity contribution < 1.29 is 19.1 Å². The minimum Gasteiger partial charge on any atom is -0.493 e. The molecule has 5 aromatic rings. The van der Waals surface area contributed by atoms with E-state index < -0.39 is 33.5 Å². The second-order valence-electron chi connectivity index (χ2n) is 17.5. The molecule has 0 fully saturated rings. The van der Waals surface area contributed by atoms with Gasteiger partial charge in [-0.1, -0.05) is 141 Å². The molecular weight excluding hydrogens is 778 g/mol. The summed E-state index contributed by atoms with van der Waals surface area (Å²) in [5.41, 5.74) is 0.736. The maximum Gasteiger partial charge on any atom is 0.354 e. The fraction of sp³-hybridized carbons (Fsp3) is 0.396. The highest BCUT2D eigenvalue weighted by molar-refractivity contribution is 6.45. The van der Waals surface area contributed by atoms with Crippen LogP contribution in [-0.4, -0.2) is 38.1 Å². The van der Waals surface area contributed by atoms with Gasteiger partial charge in [-0.3, -0.25) is 14.4 Å². The first-order chi connectivity index (χ1) is 28.2. The Labute approximate surface area is 357 Å². The van der Waals surface area contributed by atoms with Gasteiger partial charge in [-0.15, -0.1) is 0 Å². The number of benzene rings is 4. The molecule has 5 rings (SSSR count). The van der Waals surface area contributed by atoms with Gasteiger partial charge in [0.05, 0.1) is 18.8 Å². The van der Waals surface area contributed by atoms with Gasteiger partial charge < -0.3 is 15.4 Å². The van der Waals surface area contributed by atoms with E-state index in [1.807, 2.05) is 12.1 Å². The number of amides is 2. The first kappa shape index (κ1) is 45.4. The van der Waals surface area contributed by atoms with Crippen molar-refractivity contribution in [3.05, 3.63) is 141 Å². The average Bonchev–Trinajstić information content (AvgIpc) is 3.47. The highest BCUT2D eigenvalue weighted by atomic mass is 35.5. The molecule has 1 heterocycles. The number of hydrogen-bond acceptors (Lipinski definition) is 6. The van der Waals surface area contributed by atoms with Gasteiger partial charge in [0.2, 0.25) is 5.91 Å². The van der Waals surface area contributed by atoms with Crippen molar-refractivity contribution in [1.29, 1.82) is 0 Å². The Morgan fingerprint density at radius 1 is 0.700 bits per heavy atom. The molecule has 1 atom stereocenters. The number of hydrogen-bond donors (Lipinski definition) is 2. The van der Waals surface area contributed by atoms with Crippen LogP contribution in [0.2, 0.25) is 0 Å². The van der Waals surface area contributed by atoms with Crippen LogP contribution in [0.3, 0.4) is 0 Å². The van der Waals surface area contributed by atoms with Crippen LogP contribution in [0.4, 0.5) is 11.4 Å². The summed E-state index contributed by atoms with van der Waals surface area (Å²) >= 11 is 7.10. The number of nitrogens with one attached hydrogen (secondary N) is 2. The maximum absolute atomic E-state index is 14.4. The molecule has 0 saturated carbocycles. The van der Waals surface area contributed by atoms with Crippen molar-refractivity contribution in [2.24, 2.45) is 5.41 Å². The summed E-state index contributed by atoms with van der Waals surface area (Å²) in [7, 11) is 0. The number of anilines is 2. The minimum atomic E-state index is -2.80. The van der Waals surface area contributed by atoms with Gasteiger partial charge in [-0.2, -0.15) is 4.68 Å². The monoisotopic (exact) mass is 835 g/mol. The van der Waals surface area contributed by atoms with Gasteiger partial charge in [0.1, 0.15) is 5.75 Å². The van der Waals surface area contributed by atoms with Crippen LogP contribution in [0, 0.1) is 5.41 Å². The molecular formula is C48H58ClN5O6. The summed E-state index contributed by atoms with van der Waals surface area (Å²) in [4.78, 5) is 67.7. The van der Waals surface area contributed by atoms with Crippen molar-refractivity contribution in [2.45, 2.75) is 110 Å². The zero-order chi connectivity index (χ0) is 44.0. The van der Waals surface area contributed by atoms with Crippen molar-refractivity contribution in [3.63, 3.8) is 0 Å². The molecule has 0 aliphatic heterocycles. The zero-order valence-corrected chi connectivity index (χ0v) is 37.0. The van der Waals surface area contributed by atoms with Crippen LogP contribution in [-0.2, 0) is 36.8 Å². The van der Waals surface area contributed by atoms with Gasteiger partial charge in [-0.05, 0) is 77.6 Å². The van der Waals surface area contributed by atoms with E-state index in [2.05, 4.69) is 64.3 Å². The molecule has 11 nitrogen and oxygen atoms in total. The fourth-order valence-corrected chi connectivity index (χ4v) is 7.26. The van der Waals surface area contributed by atoms with Crippen LogP contribution in [0.5, 0.6) is 5.75 Å². The van der Waals surface area contributed by atoms with E-state index in [-0.39, 0.29) is 35.4 Å². The van der Waals surface area contributed by atoms with Gasteiger partial charge >= 0.3 is 11.4 Å². The molecule has 2 N–H and O–H groups in total. The lowest BCUT2D eigenvalue weighted by atomic mass is 9.76. The highest BCUT2D eigenvalue weighted by Crippen LogP contribution is 2.39. The smallest absolute Gasteiger partial charge is 0.354 e. The van der Waals surface area contributed by atoms with E-state index in [9.17, 15) is 24.0 Å². The Balaban J connectivity index is 1.36. The van der Waals surface area contributed by atoms with Gasteiger partial charge in [0.15, 0.2) is 5.78 Å². The molecule has 318 valence electrons. The summed E-state index contributed by atoms with van der Waals surface area (Å²) in [5, 5.41) is 5.51. The number of carbonyl (C=O) groups excluding carboxylic acids is 3. The molecule has 0 aliphatic carbocycles. The minimum absolute atomic E-state index is 0.0350. The summed E-state index contributed by atoms with van der Waals surface area (Å²) in [6, 6.07) is 30.2. The molecule has 1 unspecified atom stereocenters. The van der Waals surface area contributed by atoms with Crippen molar-refractivity contribution in [1.82, 2.24) is 13.9 Å². The second kappa shape index (κ2) is 18.3. The maximum atomic E-state index is 14.4. The Morgan fingerprint density at radius 2 is 1.30 bits per heavy atom. The number of nitrogens with zero attached hydrogens (tertiary/aromatic N) is 3. The number of para-hydroxylation sites is 1. The number of alkyl halides is 1. The van der Waals surface area contributed by atoms with E-state index in [0.29, 0.717) is 34.5 Å². The van der Waals surface area contributed by atoms with E-state index in [1.54, 1.807) is 93.6 Å². The number of carbonyl (C=O) groups is 3. The highest BCUT2D eigenvalue weighted by Gasteiger charge is 2.53. The molecule has 2 amide bonds.